The number of phenolic OH excluding ortho intramolecular Hbond substituents is 1. The van der Waals surface area contributed by atoms with E-state index in [-0.39, 0.29) is 5.75 Å². The standard InChI is InChI=1S/C21H15NO3/c23-17-8-12-19(13-9-17)24-18-10-6-16(7-11-18)21-22-14-20(25-21)15-4-2-1-3-5-15/h1-14,23H. The average molecular weight is 329 g/mol. The molecular weight excluding hydrogens is 314 g/mol. The fourth-order valence-electron chi connectivity index (χ4n) is 2.46. The number of ether oxygens (including phenoxy) is 1. The van der Waals surface area contributed by atoms with Crippen LogP contribution in [0.5, 0.6) is 17.2 Å². The van der Waals surface area contributed by atoms with Crippen LogP contribution in [0.4, 0.5) is 0 Å². The van der Waals surface area contributed by atoms with E-state index in [9.17, 15) is 5.11 Å². The molecule has 4 nitrogen and oxygen atoms in total. The highest BCUT2D eigenvalue weighted by atomic mass is 16.5. The van der Waals surface area contributed by atoms with Gasteiger partial charge in [-0.05, 0) is 48.5 Å². The second-order valence-electron chi connectivity index (χ2n) is 5.52. The van der Waals surface area contributed by atoms with Gasteiger partial charge in [-0.3, -0.25) is 0 Å². The summed E-state index contributed by atoms with van der Waals surface area (Å²) in [5.41, 5.74) is 1.87. The van der Waals surface area contributed by atoms with Gasteiger partial charge in [-0.1, -0.05) is 30.3 Å². The number of hydrogen-bond acceptors (Lipinski definition) is 4. The molecule has 4 aromatic rings. The maximum absolute atomic E-state index is 9.30. The molecule has 3 aromatic carbocycles. The second-order valence-corrected chi connectivity index (χ2v) is 5.52. The number of phenols is 1. The Morgan fingerprint density at radius 1 is 0.720 bits per heavy atom. The molecule has 0 saturated heterocycles. The van der Waals surface area contributed by atoms with Gasteiger partial charge in [0, 0.05) is 11.1 Å². The minimum Gasteiger partial charge on any atom is -0.508 e. The fraction of sp³-hybridized carbons (Fsp3) is 0. The number of benzene rings is 3. The molecule has 1 heterocycles. The Bertz CT molecular complexity index is 958. The molecule has 0 unspecified atom stereocenters. The van der Waals surface area contributed by atoms with E-state index in [0.29, 0.717) is 17.4 Å². The molecule has 0 aliphatic rings. The number of hydrogen-bond donors (Lipinski definition) is 1. The molecule has 0 saturated carbocycles. The van der Waals surface area contributed by atoms with Gasteiger partial charge in [0.15, 0.2) is 5.76 Å². The Morgan fingerprint density at radius 2 is 1.36 bits per heavy atom. The molecule has 4 heteroatoms. The summed E-state index contributed by atoms with van der Waals surface area (Å²) < 4.78 is 11.6. The largest absolute Gasteiger partial charge is 0.508 e. The monoisotopic (exact) mass is 329 g/mol. The Hall–Kier alpha value is -3.53. The Morgan fingerprint density at radius 3 is 2.04 bits per heavy atom. The van der Waals surface area contributed by atoms with Gasteiger partial charge in [0.1, 0.15) is 17.2 Å². The molecule has 0 amide bonds. The van der Waals surface area contributed by atoms with Crippen molar-refractivity contribution in [2.75, 3.05) is 0 Å². The molecular formula is C21H15NO3. The predicted octanol–water partition coefficient (Wildman–Crippen LogP) is 5.51. The Labute approximate surface area is 145 Å². The van der Waals surface area contributed by atoms with Crippen LogP contribution >= 0.6 is 0 Å². The molecule has 0 fully saturated rings. The summed E-state index contributed by atoms with van der Waals surface area (Å²) in [5.74, 6) is 2.87. The van der Waals surface area contributed by atoms with Crippen LogP contribution in [0.1, 0.15) is 0 Å². The third-order valence-corrected chi connectivity index (χ3v) is 3.74. The smallest absolute Gasteiger partial charge is 0.226 e. The SMILES string of the molecule is Oc1ccc(Oc2ccc(-c3ncc(-c4ccccc4)o3)cc2)cc1. The van der Waals surface area contributed by atoms with Gasteiger partial charge < -0.3 is 14.3 Å². The lowest BCUT2D eigenvalue weighted by atomic mass is 10.2. The van der Waals surface area contributed by atoms with Crippen LogP contribution in [0.2, 0.25) is 0 Å². The summed E-state index contributed by atoms with van der Waals surface area (Å²) in [5, 5.41) is 9.30. The van der Waals surface area contributed by atoms with Crippen LogP contribution in [0, 0.1) is 0 Å². The fourth-order valence-corrected chi connectivity index (χ4v) is 2.46. The van der Waals surface area contributed by atoms with E-state index in [1.807, 2.05) is 54.6 Å². The number of aromatic nitrogens is 1. The van der Waals surface area contributed by atoms with Gasteiger partial charge in [0.2, 0.25) is 5.89 Å². The van der Waals surface area contributed by atoms with Crippen molar-refractivity contribution in [2.45, 2.75) is 0 Å². The third-order valence-electron chi connectivity index (χ3n) is 3.74. The van der Waals surface area contributed by atoms with E-state index >= 15 is 0 Å². The molecule has 0 radical (unpaired) electrons. The summed E-state index contributed by atoms with van der Waals surface area (Å²) >= 11 is 0. The maximum Gasteiger partial charge on any atom is 0.226 e. The third kappa shape index (κ3) is 3.38. The first-order valence-electron chi connectivity index (χ1n) is 7.86. The molecule has 0 aliphatic heterocycles. The Balaban J connectivity index is 1.52. The molecule has 4 rings (SSSR count). The van der Waals surface area contributed by atoms with Crippen molar-refractivity contribution in [1.82, 2.24) is 4.98 Å². The van der Waals surface area contributed by atoms with Gasteiger partial charge in [-0.2, -0.15) is 0 Å². The molecule has 1 aromatic heterocycles. The zero-order valence-corrected chi connectivity index (χ0v) is 13.3. The van der Waals surface area contributed by atoms with Crippen LogP contribution in [0.25, 0.3) is 22.8 Å². The van der Waals surface area contributed by atoms with Gasteiger partial charge in [0.05, 0.1) is 6.20 Å². The normalized spacial score (nSPS) is 10.6. The lowest BCUT2D eigenvalue weighted by molar-refractivity contribution is 0.464. The lowest BCUT2D eigenvalue weighted by Crippen LogP contribution is -1.84. The van der Waals surface area contributed by atoms with Crippen molar-refractivity contribution < 1.29 is 14.3 Å². The van der Waals surface area contributed by atoms with Crippen LogP contribution in [-0.2, 0) is 0 Å². The summed E-state index contributed by atoms with van der Waals surface area (Å²) in [6.07, 6.45) is 1.73. The molecule has 25 heavy (non-hydrogen) atoms. The van der Waals surface area contributed by atoms with Crippen molar-refractivity contribution in [3.63, 3.8) is 0 Å². The summed E-state index contributed by atoms with van der Waals surface area (Å²) in [7, 11) is 0. The van der Waals surface area contributed by atoms with Gasteiger partial charge in [-0.15, -0.1) is 0 Å². The van der Waals surface area contributed by atoms with Gasteiger partial charge in [-0.25, -0.2) is 4.98 Å². The average Bonchev–Trinajstić information content (AvgIpc) is 3.15. The van der Waals surface area contributed by atoms with E-state index in [1.54, 1.807) is 30.5 Å². The summed E-state index contributed by atoms with van der Waals surface area (Å²) in [6.45, 7) is 0. The number of oxazole rings is 1. The maximum atomic E-state index is 9.30. The van der Waals surface area contributed by atoms with E-state index in [0.717, 1.165) is 16.9 Å². The number of nitrogens with zero attached hydrogens (tertiary/aromatic N) is 1. The first kappa shape index (κ1) is 15.0. The van der Waals surface area contributed by atoms with Crippen LogP contribution < -0.4 is 4.74 Å². The van der Waals surface area contributed by atoms with Crippen molar-refractivity contribution in [3.8, 4) is 40.0 Å². The highest BCUT2D eigenvalue weighted by molar-refractivity contribution is 5.61. The van der Waals surface area contributed by atoms with Crippen LogP contribution in [0.15, 0.2) is 89.5 Å². The number of aromatic hydroxyl groups is 1. The van der Waals surface area contributed by atoms with Gasteiger partial charge in [0.25, 0.3) is 0 Å². The Kier molecular flexibility index (Phi) is 3.92. The molecule has 0 bridgehead atoms. The van der Waals surface area contributed by atoms with E-state index < -0.39 is 0 Å². The van der Waals surface area contributed by atoms with Crippen LogP contribution in [0.3, 0.4) is 0 Å². The lowest BCUT2D eigenvalue weighted by Gasteiger charge is -2.06. The van der Waals surface area contributed by atoms with E-state index in [4.69, 9.17) is 9.15 Å². The molecule has 122 valence electrons. The molecule has 0 spiro atoms. The van der Waals surface area contributed by atoms with Crippen molar-refractivity contribution in [3.05, 3.63) is 85.1 Å². The molecule has 0 atom stereocenters. The highest BCUT2D eigenvalue weighted by Crippen LogP contribution is 2.29. The second kappa shape index (κ2) is 6.53. The minimum absolute atomic E-state index is 0.209. The minimum atomic E-state index is 0.209. The zero-order valence-electron chi connectivity index (χ0n) is 13.3. The first-order valence-corrected chi connectivity index (χ1v) is 7.86. The van der Waals surface area contributed by atoms with E-state index in [2.05, 4.69) is 4.98 Å². The van der Waals surface area contributed by atoms with Crippen LogP contribution in [-0.4, -0.2) is 10.1 Å². The molecule has 0 aliphatic carbocycles. The number of rotatable bonds is 4. The van der Waals surface area contributed by atoms with E-state index in [1.165, 1.54) is 0 Å². The topological polar surface area (TPSA) is 55.5 Å². The molecule has 1 N–H and O–H groups in total. The highest BCUT2D eigenvalue weighted by Gasteiger charge is 2.08. The predicted molar refractivity (Wildman–Crippen MR) is 95.6 cm³/mol. The quantitative estimate of drug-likeness (QED) is 0.536. The summed E-state index contributed by atoms with van der Waals surface area (Å²) in [6, 6.07) is 24.0. The van der Waals surface area contributed by atoms with Crippen molar-refractivity contribution in [2.24, 2.45) is 0 Å². The summed E-state index contributed by atoms with van der Waals surface area (Å²) in [4.78, 5) is 4.35. The van der Waals surface area contributed by atoms with Crippen molar-refractivity contribution in [1.29, 1.82) is 0 Å². The first-order chi connectivity index (χ1) is 12.3. The zero-order chi connectivity index (χ0) is 17.1. The van der Waals surface area contributed by atoms with Crippen molar-refractivity contribution >= 4 is 0 Å². The van der Waals surface area contributed by atoms with Gasteiger partial charge >= 0.3 is 0 Å².